The van der Waals surface area contributed by atoms with E-state index in [2.05, 4.69) is 19.6 Å². The maximum absolute atomic E-state index is 5.27. The molecule has 0 spiro atoms. The zero-order valence-corrected chi connectivity index (χ0v) is 7.62. The highest BCUT2D eigenvalue weighted by Crippen LogP contribution is 2.00. The number of nitrogens with two attached hydrogens (primary N) is 1. The Hall–Kier alpha value is 0.310. The van der Waals surface area contributed by atoms with E-state index in [-0.39, 0.29) is 0 Å². The topological polar surface area (TPSA) is 26.0 Å². The molecule has 0 aliphatic carbocycles. The fourth-order valence-electron chi connectivity index (χ4n) is 0.376. The van der Waals surface area contributed by atoms with Gasteiger partial charge in [-0.3, -0.25) is 0 Å². The predicted octanol–water partition coefficient (Wildman–Crippen LogP) is 1.93. The fraction of sp³-hybridized carbons (Fsp3) is 1.00. The SMILES string of the molecule is CC.CC(CS)CCN. The van der Waals surface area contributed by atoms with E-state index in [0.717, 1.165) is 18.7 Å². The molecular formula is C7H19NS. The summed E-state index contributed by atoms with van der Waals surface area (Å²) in [4.78, 5) is 0. The van der Waals surface area contributed by atoms with Crippen LogP contribution in [0.4, 0.5) is 0 Å². The highest BCUT2D eigenvalue weighted by Gasteiger charge is 1.93. The lowest BCUT2D eigenvalue weighted by atomic mass is 10.1. The quantitative estimate of drug-likeness (QED) is 0.589. The van der Waals surface area contributed by atoms with Crippen molar-refractivity contribution in [2.75, 3.05) is 12.3 Å². The van der Waals surface area contributed by atoms with Gasteiger partial charge in [0.25, 0.3) is 0 Å². The third-order valence-electron chi connectivity index (χ3n) is 0.971. The van der Waals surface area contributed by atoms with Crippen LogP contribution in [0.25, 0.3) is 0 Å². The van der Waals surface area contributed by atoms with Crippen molar-refractivity contribution in [2.45, 2.75) is 27.2 Å². The summed E-state index contributed by atoms with van der Waals surface area (Å²) in [6.07, 6.45) is 1.10. The zero-order chi connectivity index (χ0) is 7.70. The first-order valence-corrected chi connectivity index (χ1v) is 4.25. The summed E-state index contributed by atoms with van der Waals surface area (Å²) in [5.41, 5.74) is 5.27. The van der Waals surface area contributed by atoms with Gasteiger partial charge in [0.1, 0.15) is 0 Å². The van der Waals surface area contributed by atoms with Gasteiger partial charge in [-0.1, -0.05) is 20.8 Å². The van der Waals surface area contributed by atoms with Gasteiger partial charge in [0, 0.05) is 0 Å². The third kappa shape index (κ3) is 11.7. The summed E-state index contributed by atoms with van der Waals surface area (Å²) in [6, 6.07) is 0. The molecule has 0 aromatic rings. The monoisotopic (exact) mass is 149 g/mol. The minimum Gasteiger partial charge on any atom is -0.330 e. The van der Waals surface area contributed by atoms with E-state index in [9.17, 15) is 0 Å². The molecule has 0 saturated carbocycles. The molecule has 0 rings (SSSR count). The van der Waals surface area contributed by atoms with Gasteiger partial charge in [-0.15, -0.1) is 0 Å². The number of hydrogen-bond donors (Lipinski definition) is 2. The minimum atomic E-state index is 0.688. The smallest absolute Gasteiger partial charge is 0.00717 e. The van der Waals surface area contributed by atoms with Crippen LogP contribution in [0.3, 0.4) is 0 Å². The normalized spacial score (nSPS) is 11.7. The molecule has 0 radical (unpaired) electrons. The van der Waals surface area contributed by atoms with Crippen LogP contribution in [0.15, 0.2) is 0 Å². The second-order valence-corrected chi connectivity index (χ2v) is 2.23. The zero-order valence-electron chi connectivity index (χ0n) is 6.72. The van der Waals surface area contributed by atoms with Gasteiger partial charge in [0.05, 0.1) is 0 Å². The van der Waals surface area contributed by atoms with Crippen molar-refractivity contribution >= 4 is 12.6 Å². The van der Waals surface area contributed by atoms with E-state index in [0.29, 0.717) is 5.92 Å². The Morgan fingerprint density at radius 2 is 1.89 bits per heavy atom. The summed E-state index contributed by atoms with van der Waals surface area (Å²) in [6.45, 7) is 6.95. The maximum atomic E-state index is 5.27. The second kappa shape index (κ2) is 11.2. The van der Waals surface area contributed by atoms with Crippen LogP contribution in [0.2, 0.25) is 0 Å². The summed E-state index contributed by atoms with van der Waals surface area (Å²) >= 11 is 4.09. The third-order valence-corrected chi connectivity index (χ3v) is 1.59. The van der Waals surface area contributed by atoms with Crippen LogP contribution in [-0.2, 0) is 0 Å². The van der Waals surface area contributed by atoms with Gasteiger partial charge >= 0.3 is 0 Å². The van der Waals surface area contributed by atoms with Gasteiger partial charge in [-0.25, -0.2) is 0 Å². The van der Waals surface area contributed by atoms with Crippen LogP contribution in [0.1, 0.15) is 27.2 Å². The van der Waals surface area contributed by atoms with E-state index in [1.165, 1.54) is 0 Å². The van der Waals surface area contributed by atoms with Gasteiger partial charge in [-0.2, -0.15) is 12.6 Å². The Balaban J connectivity index is 0. The molecule has 0 fully saturated rings. The summed E-state index contributed by atoms with van der Waals surface area (Å²) in [5.74, 6) is 1.64. The molecule has 0 saturated heterocycles. The summed E-state index contributed by atoms with van der Waals surface area (Å²) < 4.78 is 0. The molecule has 0 amide bonds. The molecule has 1 atom stereocenters. The van der Waals surface area contributed by atoms with Gasteiger partial charge in [0.15, 0.2) is 0 Å². The Bertz CT molecular complexity index is 39.9. The minimum absolute atomic E-state index is 0.688. The highest BCUT2D eigenvalue weighted by atomic mass is 32.1. The maximum Gasteiger partial charge on any atom is -0.00717 e. The van der Waals surface area contributed by atoms with Gasteiger partial charge in [0.2, 0.25) is 0 Å². The first-order valence-electron chi connectivity index (χ1n) is 3.62. The first kappa shape index (κ1) is 12.0. The van der Waals surface area contributed by atoms with Crippen molar-refractivity contribution in [3.05, 3.63) is 0 Å². The Morgan fingerprint density at radius 1 is 1.44 bits per heavy atom. The largest absolute Gasteiger partial charge is 0.330 e. The molecule has 0 aromatic carbocycles. The lowest BCUT2D eigenvalue weighted by Crippen LogP contribution is -2.06. The average Bonchev–Trinajstić information content (AvgIpc) is 1.93. The molecule has 58 valence electrons. The molecule has 0 bridgehead atoms. The first-order chi connectivity index (χ1) is 4.31. The van der Waals surface area contributed by atoms with Crippen molar-refractivity contribution in [3.8, 4) is 0 Å². The van der Waals surface area contributed by atoms with Crippen molar-refractivity contribution in [1.29, 1.82) is 0 Å². The van der Waals surface area contributed by atoms with Gasteiger partial charge < -0.3 is 5.73 Å². The Kier molecular flexibility index (Phi) is 14.9. The van der Waals surface area contributed by atoms with E-state index in [1.807, 2.05) is 13.8 Å². The lowest BCUT2D eigenvalue weighted by Gasteiger charge is -2.01. The average molecular weight is 149 g/mol. The molecule has 1 nitrogen and oxygen atoms in total. The lowest BCUT2D eigenvalue weighted by molar-refractivity contribution is 0.607. The number of thiol groups is 1. The highest BCUT2D eigenvalue weighted by molar-refractivity contribution is 7.80. The van der Waals surface area contributed by atoms with Gasteiger partial charge in [-0.05, 0) is 24.6 Å². The summed E-state index contributed by atoms with van der Waals surface area (Å²) in [5, 5.41) is 0. The molecule has 0 aliphatic rings. The molecule has 2 heteroatoms. The Morgan fingerprint density at radius 3 is 2.00 bits per heavy atom. The fourth-order valence-corrected chi connectivity index (χ4v) is 0.558. The van der Waals surface area contributed by atoms with E-state index < -0.39 is 0 Å². The molecular weight excluding hydrogens is 130 g/mol. The van der Waals surface area contributed by atoms with Crippen molar-refractivity contribution in [3.63, 3.8) is 0 Å². The number of rotatable bonds is 3. The molecule has 0 aromatic heterocycles. The molecule has 9 heavy (non-hydrogen) atoms. The van der Waals surface area contributed by atoms with E-state index >= 15 is 0 Å². The molecule has 2 N–H and O–H groups in total. The van der Waals surface area contributed by atoms with Crippen molar-refractivity contribution < 1.29 is 0 Å². The summed E-state index contributed by atoms with van der Waals surface area (Å²) in [7, 11) is 0. The molecule has 1 unspecified atom stereocenters. The van der Waals surface area contributed by atoms with Crippen molar-refractivity contribution in [2.24, 2.45) is 11.7 Å². The predicted molar refractivity (Wildman–Crippen MR) is 48.0 cm³/mol. The Labute approximate surface area is 64.4 Å². The molecule has 0 heterocycles. The number of hydrogen-bond acceptors (Lipinski definition) is 2. The van der Waals surface area contributed by atoms with E-state index in [1.54, 1.807) is 0 Å². The molecule has 0 aliphatic heterocycles. The van der Waals surface area contributed by atoms with Crippen LogP contribution >= 0.6 is 12.6 Å². The van der Waals surface area contributed by atoms with E-state index in [4.69, 9.17) is 5.73 Å². The van der Waals surface area contributed by atoms with Crippen LogP contribution in [0.5, 0.6) is 0 Å². The van der Waals surface area contributed by atoms with Crippen LogP contribution in [-0.4, -0.2) is 12.3 Å². The standard InChI is InChI=1S/C5H13NS.C2H6/c1-5(4-7)2-3-6;1-2/h5,7H,2-4,6H2,1H3;1-2H3. The van der Waals surface area contributed by atoms with Crippen molar-refractivity contribution in [1.82, 2.24) is 0 Å². The second-order valence-electron chi connectivity index (χ2n) is 1.87. The van der Waals surface area contributed by atoms with Crippen LogP contribution in [0, 0.1) is 5.92 Å². The van der Waals surface area contributed by atoms with Crippen LogP contribution < -0.4 is 5.73 Å².